The van der Waals surface area contributed by atoms with Crippen LogP contribution in [0.3, 0.4) is 0 Å². The second-order valence-corrected chi connectivity index (χ2v) is 6.94. The fourth-order valence-electron chi connectivity index (χ4n) is 3.00. The molecule has 0 atom stereocenters. The first-order valence-electron chi connectivity index (χ1n) is 9.60. The predicted molar refractivity (Wildman–Crippen MR) is 114 cm³/mol. The Kier molecular flexibility index (Phi) is 6.37. The van der Waals surface area contributed by atoms with E-state index >= 15 is 0 Å². The molecule has 0 bridgehead atoms. The highest BCUT2D eigenvalue weighted by Crippen LogP contribution is 2.18. The van der Waals surface area contributed by atoms with Gasteiger partial charge in [-0.2, -0.15) is 0 Å². The van der Waals surface area contributed by atoms with Crippen LogP contribution in [0.4, 0.5) is 11.6 Å². The molecule has 1 aromatic heterocycles. The maximum Gasteiger partial charge on any atom is 0.258 e. The SMILES string of the molecule is CCc1ccccc1NC(=O)c1cnc(N(Cc2ccccc2)C(C)C)nc1. The number of nitrogens with zero attached hydrogens (tertiary/aromatic N) is 3. The average Bonchev–Trinajstić information content (AvgIpc) is 2.73. The largest absolute Gasteiger partial charge is 0.334 e. The molecular formula is C23H26N4O. The Morgan fingerprint density at radius 3 is 2.29 bits per heavy atom. The molecule has 0 spiro atoms. The molecule has 144 valence electrons. The molecule has 0 radical (unpaired) electrons. The average molecular weight is 374 g/mol. The van der Waals surface area contributed by atoms with E-state index in [0.717, 1.165) is 17.7 Å². The lowest BCUT2D eigenvalue weighted by atomic mass is 10.1. The summed E-state index contributed by atoms with van der Waals surface area (Å²) < 4.78 is 0. The summed E-state index contributed by atoms with van der Waals surface area (Å²) in [4.78, 5) is 23.6. The van der Waals surface area contributed by atoms with E-state index in [-0.39, 0.29) is 11.9 Å². The van der Waals surface area contributed by atoms with Gasteiger partial charge in [0.15, 0.2) is 0 Å². The number of aryl methyl sites for hydroxylation is 1. The van der Waals surface area contributed by atoms with E-state index in [1.165, 1.54) is 5.56 Å². The zero-order valence-corrected chi connectivity index (χ0v) is 16.6. The first-order chi connectivity index (χ1) is 13.6. The summed E-state index contributed by atoms with van der Waals surface area (Å²) in [5.74, 6) is 0.413. The Hall–Kier alpha value is -3.21. The van der Waals surface area contributed by atoms with Crippen LogP contribution in [0.1, 0.15) is 42.3 Å². The van der Waals surface area contributed by atoms with Crippen molar-refractivity contribution in [1.82, 2.24) is 9.97 Å². The summed E-state index contributed by atoms with van der Waals surface area (Å²) in [6.45, 7) is 6.99. The summed E-state index contributed by atoms with van der Waals surface area (Å²) >= 11 is 0. The van der Waals surface area contributed by atoms with E-state index in [9.17, 15) is 4.79 Å². The van der Waals surface area contributed by atoms with E-state index in [1.807, 2.05) is 42.5 Å². The zero-order valence-electron chi connectivity index (χ0n) is 16.6. The molecule has 0 aliphatic carbocycles. The summed E-state index contributed by atoms with van der Waals surface area (Å²) in [6, 6.07) is 18.3. The molecule has 3 rings (SSSR count). The van der Waals surface area contributed by atoms with Crippen LogP contribution in [0.15, 0.2) is 67.0 Å². The quantitative estimate of drug-likeness (QED) is 0.651. The highest BCUT2D eigenvalue weighted by atomic mass is 16.1. The van der Waals surface area contributed by atoms with Crippen molar-refractivity contribution in [2.24, 2.45) is 0 Å². The van der Waals surface area contributed by atoms with Crippen molar-refractivity contribution in [3.05, 3.63) is 83.7 Å². The van der Waals surface area contributed by atoms with Crippen LogP contribution in [0.5, 0.6) is 0 Å². The van der Waals surface area contributed by atoms with Crippen molar-refractivity contribution < 1.29 is 4.79 Å². The van der Waals surface area contributed by atoms with Crippen molar-refractivity contribution in [3.63, 3.8) is 0 Å². The van der Waals surface area contributed by atoms with Crippen LogP contribution in [0.25, 0.3) is 0 Å². The third-order valence-electron chi connectivity index (χ3n) is 4.62. The molecule has 0 fully saturated rings. The van der Waals surface area contributed by atoms with Gasteiger partial charge in [-0.05, 0) is 37.5 Å². The van der Waals surface area contributed by atoms with Crippen LogP contribution in [0.2, 0.25) is 0 Å². The first kappa shape index (κ1) is 19.5. The van der Waals surface area contributed by atoms with Gasteiger partial charge < -0.3 is 10.2 Å². The number of anilines is 2. The molecule has 5 heteroatoms. The van der Waals surface area contributed by atoms with E-state index in [2.05, 4.69) is 53.1 Å². The van der Waals surface area contributed by atoms with Gasteiger partial charge in [0.1, 0.15) is 0 Å². The number of hydrogen-bond donors (Lipinski definition) is 1. The molecule has 1 heterocycles. The third-order valence-corrected chi connectivity index (χ3v) is 4.62. The summed E-state index contributed by atoms with van der Waals surface area (Å²) in [5.41, 5.74) is 3.56. The van der Waals surface area contributed by atoms with E-state index < -0.39 is 0 Å². The van der Waals surface area contributed by atoms with Crippen LogP contribution in [-0.2, 0) is 13.0 Å². The van der Waals surface area contributed by atoms with Crippen molar-refractivity contribution >= 4 is 17.5 Å². The topological polar surface area (TPSA) is 58.1 Å². The highest BCUT2D eigenvalue weighted by molar-refractivity contribution is 6.04. The van der Waals surface area contributed by atoms with Crippen LogP contribution >= 0.6 is 0 Å². The van der Waals surface area contributed by atoms with Gasteiger partial charge in [-0.3, -0.25) is 4.79 Å². The minimum atomic E-state index is -0.202. The predicted octanol–water partition coefficient (Wildman–Crippen LogP) is 4.71. The number of para-hydroxylation sites is 1. The lowest BCUT2D eigenvalue weighted by Crippen LogP contribution is -2.32. The first-order valence-corrected chi connectivity index (χ1v) is 9.60. The standard InChI is InChI=1S/C23H26N4O/c1-4-19-12-8-9-13-21(19)26-22(28)20-14-24-23(25-15-20)27(17(2)3)16-18-10-6-5-7-11-18/h5-15,17H,4,16H2,1-3H3,(H,26,28). The lowest BCUT2D eigenvalue weighted by molar-refractivity contribution is 0.102. The normalized spacial score (nSPS) is 10.7. The number of amides is 1. The lowest BCUT2D eigenvalue weighted by Gasteiger charge is -2.26. The zero-order chi connectivity index (χ0) is 19.9. The number of carbonyl (C=O) groups excluding carboxylic acids is 1. The molecule has 28 heavy (non-hydrogen) atoms. The molecule has 1 N–H and O–H groups in total. The number of rotatable bonds is 7. The van der Waals surface area contributed by atoms with Crippen LogP contribution in [0, 0.1) is 0 Å². The van der Waals surface area contributed by atoms with Gasteiger partial charge >= 0.3 is 0 Å². The highest BCUT2D eigenvalue weighted by Gasteiger charge is 2.16. The Morgan fingerprint density at radius 1 is 1.00 bits per heavy atom. The Balaban J connectivity index is 1.75. The smallest absolute Gasteiger partial charge is 0.258 e. The van der Waals surface area contributed by atoms with Crippen molar-refractivity contribution in [1.29, 1.82) is 0 Å². The molecule has 2 aromatic carbocycles. The van der Waals surface area contributed by atoms with Crippen molar-refractivity contribution in [2.45, 2.75) is 39.8 Å². The molecule has 0 saturated heterocycles. The molecule has 0 saturated carbocycles. The minimum Gasteiger partial charge on any atom is -0.334 e. The van der Waals surface area contributed by atoms with E-state index in [1.54, 1.807) is 12.4 Å². The second-order valence-electron chi connectivity index (χ2n) is 6.94. The van der Waals surface area contributed by atoms with Gasteiger partial charge in [-0.1, -0.05) is 55.5 Å². The maximum atomic E-state index is 12.6. The Labute approximate surface area is 166 Å². The summed E-state index contributed by atoms with van der Waals surface area (Å²) in [5, 5.41) is 2.96. The number of aromatic nitrogens is 2. The van der Waals surface area contributed by atoms with Gasteiger partial charge in [0.05, 0.1) is 5.56 Å². The van der Waals surface area contributed by atoms with E-state index in [4.69, 9.17) is 0 Å². The van der Waals surface area contributed by atoms with Gasteiger partial charge in [0.25, 0.3) is 5.91 Å². The Morgan fingerprint density at radius 2 is 1.64 bits per heavy atom. The van der Waals surface area contributed by atoms with Gasteiger partial charge in [-0.25, -0.2) is 9.97 Å². The third kappa shape index (κ3) is 4.74. The molecule has 0 unspecified atom stereocenters. The molecule has 3 aromatic rings. The monoisotopic (exact) mass is 374 g/mol. The second kappa shape index (κ2) is 9.13. The fraction of sp³-hybridized carbons (Fsp3) is 0.261. The Bertz CT molecular complexity index is 907. The van der Waals surface area contributed by atoms with Crippen molar-refractivity contribution in [3.8, 4) is 0 Å². The van der Waals surface area contributed by atoms with Gasteiger partial charge in [0.2, 0.25) is 5.95 Å². The molecule has 5 nitrogen and oxygen atoms in total. The maximum absolute atomic E-state index is 12.6. The van der Waals surface area contributed by atoms with Gasteiger partial charge in [-0.15, -0.1) is 0 Å². The number of nitrogens with one attached hydrogen (secondary N) is 1. The van der Waals surface area contributed by atoms with Crippen LogP contribution in [-0.4, -0.2) is 21.9 Å². The summed E-state index contributed by atoms with van der Waals surface area (Å²) in [7, 11) is 0. The van der Waals surface area contributed by atoms with Crippen LogP contribution < -0.4 is 10.2 Å². The molecule has 1 amide bonds. The minimum absolute atomic E-state index is 0.202. The number of carbonyl (C=O) groups is 1. The number of benzene rings is 2. The fourth-order valence-corrected chi connectivity index (χ4v) is 3.00. The molecule has 0 aliphatic rings. The van der Waals surface area contributed by atoms with Crippen molar-refractivity contribution in [2.75, 3.05) is 10.2 Å². The van der Waals surface area contributed by atoms with E-state index in [0.29, 0.717) is 18.1 Å². The van der Waals surface area contributed by atoms with Gasteiger partial charge in [0, 0.05) is 30.7 Å². The molecule has 0 aliphatic heterocycles. The number of hydrogen-bond acceptors (Lipinski definition) is 4. The molecular weight excluding hydrogens is 348 g/mol. The summed E-state index contributed by atoms with van der Waals surface area (Å²) in [6.07, 6.45) is 4.04.